The van der Waals surface area contributed by atoms with Crippen LogP contribution in [0.15, 0.2) is 40.1 Å². The zero-order valence-corrected chi connectivity index (χ0v) is 13.0. The van der Waals surface area contributed by atoms with E-state index in [-0.39, 0.29) is 10.9 Å². The van der Waals surface area contributed by atoms with Crippen LogP contribution in [0.2, 0.25) is 0 Å². The van der Waals surface area contributed by atoms with Crippen LogP contribution in [0.4, 0.5) is 5.82 Å². The minimum absolute atomic E-state index is 0.168. The number of anilines is 1. The lowest BCUT2D eigenvalue weighted by atomic mass is 10.1. The van der Waals surface area contributed by atoms with Crippen LogP contribution < -0.4 is 10.0 Å². The van der Waals surface area contributed by atoms with Crippen LogP contribution in [0, 0.1) is 0 Å². The first-order valence-electron chi connectivity index (χ1n) is 6.18. The Balaban J connectivity index is 2.05. The van der Waals surface area contributed by atoms with Gasteiger partial charge in [-0.05, 0) is 47.9 Å². The molecule has 0 radical (unpaired) electrons. The largest absolute Gasteiger partial charge is 0.373 e. The van der Waals surface area contributed by atoms with Gasteiger partial charge in [0, 0.05) is 19.3 Å². The Morgan fingerprint density at radius 1 is 1.35 bits per heavy atom. The molecule has 108 valence electrons. The number of rotatable bonds is 6. The zero-order valence-electron chi connectivity index (χ0n) is 11.3. The van der Waals surface area contributed by atoms with Crippen molar-refractivity contribution < 1.29 is 8.42 Å². The van der Waals surface area contributed by atoms with E-state index in [1.165, 1.54) is 6.20 Å². The van der Waals surface area contributed by atoms with Crippen molar-refractivity contribution in [1.82, 2.24) is 9.71 Å². The fourth-order valence-corrected chi connectivity index (χ4v) is 3.69. The highest BCUT2D eigenvalue weighted by atomic mass is 32.2. The Morgan fingerprint density at radius 3 is 2.70 bits per heavy atom. The Hall–Kier alpha value is -1.44. The van der Waals surface area contributed by atoms with Crippen molar-refractivity contribution in [1.29, 1.82) is 0 Å². The third-order valence-electron chi connectivity index (χ3n) is 2.78. The summed E-state index contributed by atoms with van der Waals surface area (Å²) in [6.07, 6.45) is 2.02. The summed E-state index contributed by atoms with van der Waals surface area (Å²) >= 11 is 1.61. The van der Waals surface area contributed by atoms with Crippen molar-refractivity contribution in [2.45, 2.75) is 24.3 Å². The topological polar surface area (TPSA) is 71.1 Å². The van der Waals surface area contributed by atoms with Gasteiger partial charge < -0.3 is 5.32 Å². The number of aromatic nitrogens is 1. The smallest absolute Gasteiger partial charge is 0.242 e. The summed E-state index contributed by atoms with van der Waals surface area (Å²) in [7, 11) is -1.79. The number of sulfonamides is 1. The SMILES string of the molecule is CNc1ccc(S(=O)(=O)NC(C)Cc2ccsc2)cn1. The molecule has 0 aromatic carbocycles. The van der Waals surface area contributed by atoms with Crippen LogP contribution in [-0.2, 0) is 16.4 Å². The van der Waals surface area contributed by atoms with E-state index in [0.29, 0.717) is 12.2 Å². The molecule has 2 aromatic rings. The summed E-state index contributed by atoms with van der Waals surface area (Å²) in [5.41, 5.74) is 1.13. The van der Waals surface area contributed by atoms with E-state index in [1.54, 1.807) is 30.5 Å². The third kappa shape index (κ3) is 3.78. The van der Waals surface area contributed by atoms with Gasteiger partial charge in [-0.1, -0.05) is 0 Å². The maximum absolute atomic E-state index is 12.2. The predicted octanol–water partition coefficient (Wildman–Crippen LogP) is 2.09. The second-order valence-corrected chi connectivity index (χ2v) is 6.98. The van der Waals surface area contributed by atoms with Crippen molar-refractivity contribution in [3.63, 3.8) is 0 Å². The summed E-state index contributed by atoms with van der Waals surface area (Å²) in [6.45, 7) is 1.85. The van der Waals surface area contributed by atoms with Crippen molar-refractivity contribution >= 4 is 27.2 Å². The molecule has 0 saturated heterocycles. The molecular weight excluding hydrogens is 294 g/mol. The molecule has 5 nitrogen and oxygen atoms in total. The molecule has 0 spiro atoms. The van der Waals surface area contributed by atoms with Gasteiger partial charge in [0.15, 0.2) is 0 Å². The summed E-state index contributed by atoms with van der Waals surface area (Å²) in [6, 6.07) is 5.01. The van der Waals surface area contributed by atoms with Crippen LogP contribution in [0.3, 0.4) is 0 Å². The molecule has 0 aliphatic carbocycles. The molecule has 0 fully saturated rings. The van der Waals surface area contributed by atoms with Crippen molar-refractivity contribution in [2.75, 3.05) is 12.4 Å². The minimum Gasteiger partial charge on any atom is -0.373 e. The van der Waals surface area contributed by atoms with Gasteiger partial charge in [-0.25, -0.2) is 18.1 Å². The zero-order chi connectivity index (χ0) is 14.6. The summed E-state index contributed by atoms with van der Waals surface area (Å²) < 4.78 is 27.1. The molecule has 2 heterocycles. The molecule has 0 saturated carbocycles. The van der Waals surface area contributed by atoms with E-state index in [4.69, 9.17) is 0 Å². The molecule has 2 rings (SSSR count). The van der Waals surface area contributed by atoms with Crippen molar-refractivity contribution in [3.05, 3.63) is 40.7 Å². The monoisotopic (exact) mass is 311 g/mol. The van der Waals surface area contributed by atoms with Gasteiger partial charge in [0.1, 0.15) is 10.7 Å². The summed E-state index contributed by atoms with van der Waals surface area (Å²) in [5.74, 6) is 0.635. The van der Waals surface area contributed by atoms with E-state index in [0.717, 1.165) is 5.56 Å². The van der Waals surface area contributed by atoms with E-state index in [2.05, 4.69) is 15.0 Å². The van der Waals surface area contributed by atoms with Gasteiger partial charge >= 0.3 is 0 Å². The summed E-state index contributed by atoms with van der Waals surface area (Å²) in [5, 5.41) is 6.86. The number of thiophene rings is 1. The number of nitrogens with one attached hydrogen (secondary N) is 2. The minimum atomic E-state index is -3.52. The van der Waals surface area contributed by atoms with Crippen LogP contribution in [0.5, 0.6) is 0 Å². The molecule has 0 aliphatic rings. The number of hydrogen-bond donors (Lipinski definition) is 2. The Bertz CT molecular complexity index is 637. The Kier molecular flexibility index (Phi) is 4.74. The molecule has 20 heavy (non-hydrogen) atoms. The van der Waals surface area contributed by atoms with Crippen molar-refractivity contribution in [2.24, 2.45) is 0 Å². The van der Waals surface area contributed by atoms with Crippen LogP contribution >= 0.6 is 11.3 Å². The van der Waals surface area contributed by atoms with Gasteiger partial charge in [0.25, 0.3) is 0 Å². The highest BCUT2D eigenvalue weighted by molar-refractivity contribution is 7.89. The first-order chi connectivity index (χ1) is 9.51. The van der Waals surface area contributed by atoms with E-state index < -0.39 is 10.0 Å². The van der Waals surface area contributed by atoms with Crippen LogP contribution in [0.25, 0.3) is 0 Å². The van der Waals surface area contributed by atoms with Gasteiger partial charge in [0.05, 0.1) is 0 Å². The number of pyridine rings is 1. The van der Waals surface area contributed by atoms with E-state index in [1.807, 2.05) is 23.8 Å². The second-order valence-electron chi connectivity index (χ2n) is 4.49. The van der Waals surface area contributed by atoms with Crippen molar-refractivity contribution in [3.8, 4) is 0 Å². The lowest BCUT2D eigenvalue weighted by Crippen LogP contribution is -2.34. The fourth-order valence-electron chi connectivity index (χ4n) is 1.82. The molecule has 2 aromatic heterocycles. The average molecular weight is 311 g/mol. The van der Waals surface area contributed by atoms with Crippen LogP contribution in [-0.4, -0.2) is 26.5 Å². The Morgan fingerprint density at radius 2 is 2.15 bits per heavy atom. The van der Waals surface area contributed by atoms with E-state index >= 15 is 0 Å². The molecule has 0 amide bonds. The Labute approximate surface area is 123 Å². The highest BCUT2D eigenvalue weighted by Crippen LogP contribution is 2.13. The molecular formula is C13H17N3O2S2. The number of hydrogen-bond acceptors (Lipinski definition) is 5. The lowest BCUT2D eigenvalue weighted by Gasteiger charge is -2.13. The molecule has 0 bridgehead atoms. The molecule has 0 aliphatic heterocycles. The first-order valence-corrected chi connectivity index (χ1v) is 8.61. The maximum Gasteiger partial charge on any atom is 0.242 e. The summed E-state index contributed by atoms with van der Waals surface area (Å²) in [4.78, 5) is 4.19. The molecule has 7 heteroatoms. The molecule has 1 unspecified atom stereocenters. The molecule has 1 atom stereocenters. The quantitative estimate of drug-likeness (QED) is 0.857. The van der Waals surface area contributed by atoms with Gasteiger partial charge in [-0.3, -0.25) is 0 Å². The van der Waals surface area contributed by atoms with Gasteiger partial charge in [0.2, 0.25) is 10.0 Å². The molecule has 2 N–H and O–H groups in total. The van der Waals surface area contributed by atoms with Crippen LogP contribution in [0.1, 0.15) is 12.5 Å². The maximum atomic E-state index is 12.2. The average Bonchev–Trinajstić information content (AvgIpc) is 2.91. The fraction of sp³-hybridized carbons (Fsp3) is 0.308. The van der Waals surface area contributed by atoms with Gasteiger partial charge in [-0.15, -0.1) is 0 Å². The second kappa shape index (κ2) is 6.34. The third-order valence-corrected chi connectivity index (χ3v) is 5.09. The first kappa shape index (κ1) is 15.0. The standard InChI is InChI=1S/C13H17N3O2S2/c1-10(7-11-5-6-19-9-11)16-20(17,18)12-3-4-13(14-2)15-8-12/h3-6,8-10,16H,7H2,1-2H3,(H,14,15). The predicted molar refractivity (Wildman–Crippen MR) is 81.6 cm³/mol. The lowest BCUT2D eigenvalue weighted by molar-refractivity contribution is 0.559. The highest BCUT2D eigenvalue weighted by Gasteiger charge is 2.18. The van der Waals surface area contributed by atoms with E-state index in [9.17, 15) is 8.42 Å². The van der Waals surface area contributed by atoms with Gasteiger partial charge in [-0.2, -0.15) is 11.3 Å². The number of nitrogens with zero attached hydrogens (tertiary/aromatic N) is 1. The normalized spacial score (nSPS) is 13.1.